The monoisotopic (exact) mass is 247 g/mol. The molecule has 1 aromatic carbocycles. The molecule has 2 rings (SSSR count). The van der Waals surface area contributed by atoms with E-state index in [1.165, 1.54) is 5.56 Å². The Bertz CT molecular complexity index is 399. The van der Waals surface area contributed by atoms with E-state index in [0.717, 1.165) is 30.4 Å². The van der Waals surface area contributed by atoms with Crippen LogP contribution in [0, 0.1) is 0 Å². The van der Waals surface area contributed by atoms with Gasteiger partial charge in [0.15, 0.2) is 0 Å². The van der Waals surface area contributed by atoms with Crippen LogP contribution < -0.4 is 5.32 Å². The van der Waals surface area contributed by atoms with Gasteiger partial charge in [-0.15, -0.1) is 0 Å². The van der Waals surface area contributed by atoms with E-state index in [-0.39, 0.29) is 0 Å². The van der Waals surface area contributed by atoms with Crippen LogP contribution in [0.25, 0.3) is 0 Å². The summed E-state index contributed by atoms with van der Waals surface area (Å²) in [6.45, 7) is 1.97. The molecule has 0 radical (unpaired) electrons. The maximum atomic E-state index is 5.27. The number of thioether (sulfide) groups is 1. The molecule has 17 heavy (non-hydrogen) atoms. The fraction of sp³-hybridized carbons (Fsp3) is 0.286. The second-order valence-electron chi connectivity index (χ2n) is 3.79. The van der Waals surface area contributed by atoms with Gasteiger partial charge in [0.2, 0.25) is 0 Å². The molecule has 0 aliphatic heterocycles. The Morgan fingerprint density at radius 1 is 1.06 bits per heavy atom. The number of hydrogen-bond acceptors (Lipinski definition) is 3. The summed E-state index contributed by atoms with van der Waals surface area (Å²) >= 11 is 1.89. The van der Waals surface area contributed by atoms with Crippen LogP contribution >= 0.6 is 11.8 Å². The zero-order chi connectivity index (χ0) is 11.8. The maximum absolute atomic E-state index is 5.27. The minimum absolute atomic E-state index is 0.947. The van der Waals surface area contributed by atoms with Crippen molar-refractivity contribution in [3.63, 3.8) is 0 Å². The number of hydrogen-bond donors (Lipinski definition) is 1. The number of nitrogens with one attached hydrogen (secondary N) is 1. The Balaban J connectivity index is 1.52. The van der Waals surface area contributed by atoms with Gasteiger partial charge in [-0.3, -0.25) is 0 Å². The Hall–Kier alpha value is -1.19. The van der Waals surface area contributed by atoms with Crippen molar-refractivity contribution in [1.29, 1.82) is 0 Å². The summed E-state index contributed by atoms with van der Waals surface area (Å²) in [6, 6.07) is 14.4. The number of benzene rings is 1. The SMILES string of the molecule is c1ccc(CNCCSCc2ccco2)cc1. The molecule has 0 saturated carbocycles. The lowest BCUT2D eigenvalue weighted by molar-refractivity contribution is 0.530. The van der Waals surface area contributed by atoms with Crippen LogP contribution in [-0.4, -0.2) is 12.3 Å². The van der Waals surface area contributed by atoms with E-state index in [2.05, 4.69) is 29.6 Å². The van der Waals surface area contributed by atoms with Crippen LogP contribution in [-0.2, 0) is 12.3 Å². The van der Waals surface area contributed by atoms with Gasteiger partial charge in [-0.2, -0.15) is 11.8 Å². The van der Waals surface area contributed by atoms with E-state index in [1.807, 2.05) is 30.0 Å². The average molecular weight is 247 g/mol. The van der Waals surface area contributed by atoms with Crippen molar-refractivity contribution in [3.05, 3.63) is 60.1 Å². The summed E-state index contributed by atoms with van der Waals surface area (Å²) in [5, 5.41) is 3.43. The van der Waals surface area contributed by atoms with E-state index in [9.17, 15) is 0 Å². The predicted octanol–water partition coefficient (Wildman–Crippen LogP) is 3.30. The molecule has 2 aromatic rings. The fourth-order valence-corrected chi connectivity index (χ4v) is 2.34. The van der Waals surface area contributed by atoms with Crippen molar-refractivity contribution in [2.45, 2.75) is 12.3 Å². The largest absolute Gasteiger partial charge is 0.468 e. The highest BCUT2D eigenvalue weighted by Gasteiger charge is 1.95. The molecule has 1 aromatic heterocycles. The van der Waals surface area contributed by atoms with E-state index >= 15 is 0 Å². The van der Waals surface area contributed by atoms with Gasteiger partial charge in [-0.05, 0) is 17.7 Å². The highest BCUT2D eigenvalue weighted by molar-refractivity contribution is 7.98. The zero-order valence-electron chi connectivity index (χ0n) is 9.76. The molecule has 90 valence electrons. The van der Waals surface area contributed by atoms with Crippen molar-refractivity contribution >= 4 is 11.8 Å². The molecule has 3 heteroatoms. The third kappa shape index (κ3) is 4.67. The van der Waals surface area contributed by atoms with Crippen LogP contribution in [0.3, 0.4) is 0 Å². The average Bonchev–Trinajstić information content (AvgIpc) is 2.88. The van der Waals surface area contributed by atoms with Crippen molar-refractivity contribution in [1.82, 2.24) is 5.32 Å². The molecule has 0 amide bonds. The highest BCUT2D eigenvalue weighted by Crippen LogP contribution is 2.11. The second kappa shape index (κ2) is 7.20. The first-order valence-electron chi connectivity index (χ1n) is 5.80. The summed E-state index contributed by atoms with van der Waals surface area (Å²) < 4.78 is 5.27. The fourth-order valence-electron chi connectivity index (χ4n) is 1.54. The van der Waals surface area contributed by atoms with Gasteiger partial charge in [0.05, 0.1) is 12.0 Å². The first kappa shape index (κ1) is 12.3. The van der Waals surface area contributed by atoms with Gasteiger partial charge in [0.25, 0.3) is 0 Å². The van der Waals surface area contributed by atoms with Gasteiger partial charge in [-0.25, -0.2) is 0 Å². The normalized spacial score (nSPS) is 10.6. The Morgan fingerprint density at radius 2 is 1.94 bits per heavy atom. The minimum atomic E-state index is 0.947. The summed E-state index contributed by atoms with van der Waals surface area (Å²) in [7, 11) is 0. The quantitative estimate of drug-likeness (QED) is 0.760. The third-order valence-corrected chi connectivity index (χ3v) is 3.40. The summed E-state index contributed by atoms with van der Waals surface area (Å²) in [4.78, 5) is 0. The van der Waals surface area contributed by atoms with Crippen LogP contribution in [0.1, 0.15) is 11.3 Å². The first-order valence-corrected chi connectivity index (χ1v) is 6.95. The molecule has 1 heterocycles. The lowest BCUT2D eigenvalue weighted by atomic mass is 10.2. The molecule has 0 saturated heterocycles. The summed E-state index contributed by atoms with van der Waals surface area (Å²) in [5.41, 5.74) is 1.34. The molecule has 0 bridgehead atoms. The summed E-state index contributed by atoms with van der Waals surface area (Å²) in [5.74, 6) is 3.12. The lowest BCUT2D eigenvalue weighted by Gasteiger charge is -2.04. The molecule has 0 aliphatic rings. The molecule has 0 aliphatic carbocycles. The first-order chi connectivity index (χ1) is 8.45. The van der Waals surface area contributed by atoms with E-state index < -0.39 is 0 Å². The molecular weight excluding hydrogens is 230 g/mol. The molecule has 0 atom stereocenters. The van der Waals surface area contributed by atoms with E-state index in [4.69, 9.17) is 4.42 Å². The Morgan fingerprint density at radius 3 is 2.71 bits per heavy atom. The van der Waals surface area contributed by atoms with Crippen LogP contribution in [0.4, 0.5) is 0 Å². The molecule has 0 fully saturated rings. The minimum Gasteiger partial charge on any atom is -0.468 e. The van der Waals surface area contributed by atoms with E-state index in [1.54, 1.807) is 6.26 Å². The molecule has 1 N–H and O–H groups in total. The van der Waals surface area contributed by atoms with Crippen molar-refractivity contribution < 1.29 is 4.42 Å². The van der Waals surface area contributed by atoms with E-state index in [0.29, 0.717) is 0 Å². The molecular formula is C14H17NOS. The molecule has 0 unspecified atom stereocenters. The van der Waals surface area contributed by atoms with Gasteiger partial charge in [0, 0.05) is 18.8 Å². The van der Waals surface area contributed by atoms with Gasteiger partial charge in [-0.1, -0.05) is 30.3 Å². The number of furan rings is 1. The smallest absolute Gasteiger partial charge is 0.113 e. The van der Waals surface area contributed by atoms with Crippen molar-refractivity contribution in [2.75, 3.05) is 12.3 Å². The maximum Gasteiger partial charge on any atom is 0.113 e. The van der Waals surface area contributed by atoms with Crippen LogP contribution in [0.5, 0.6) is 0 Å². The van der Waals surface area contributed by atoms with Crippen molar-refractivity contribution in [2.24, 2.45) is 0 Å². The van der Waals surface area contributed by atoms with Gasteiger partial charge >= 0.3 is 0 Å². The van der Waals surface area contributed by atoms with Crippen LogP contribution in [0.15, 0.2) is 53.1 Å². The van der Waals surface area contributed by atoms with Crippen LogP contribution in [0.2, 0.25) is 0 Å². The predicted molar refractivity (Wildman–Crippen MR) is 73.0 cm³/mol. The highest BCUT2D eigenvalue weighted by atomic mass is 32.2. The lowest BCUT2D eigenvalue weighted by Crippen LogP contribution is -2.16. The molecule has 0 spiro atoms. The Labute approximate surface area is 106 Å². The van der Waals surface area contributed by atoms with Gasteiger partial charge in [0.1, 0.15) is 5.76 Å². The summed E-state index contributed by atoms with van der Waals surface area (Å²) in [6.07, 6.45) is 1.73. The molecule has 2 nitrogen and oxygen atoms in total. The third-order valence-electron chi connectivity index (χ3n) is 2.42. The topological polar surface area (TPSA) is 25.2 Å². The number of rotatable bonds is 7. The Kier molecular flexibility index (Phi) is 5.20. The second-order valence-corrected chi connectivity index (χ2v) is 4.90. The standard InChI is InChI=1S/C14H17NOS/c1-2-5-13(6-3-1)11-15-8-10-17-12-14-7-4-9-16-14/h1-7,9,15H,8,10-12H2. The van der Waals surface area contributed by atoms with Crippen molar-refractivity contribution in [3.8, 4) is 0 Å². The zero-order valence-corrected chi connectivity index (χ0v) is 10.6. The van der Waals surface area contributed by atoms with Gasteiger partial charge < -0.3 is 9.73 Å².